The highest BCUT2D eigenvalue weighted by Gasteiger charge is 2.24. The quantitative estimate of drug-likeness (QED) is 0.292. The molecular formula is C23H26BrN2O5P. The molecule has 0 aliphatic rings. The molecule has 7 nitrogen and oxygen atoms in total. The number of benzene rings is 2. The number of rotatable bonds is 11. The smallest absolute Gasteiger partial charge is 0.335 e. The molecule has 9 heteroatoms. The molecule has 3 aromatic rings. The van der Waals surface area contributed by atoms with Crippen LogP contribution in [-0.2, 0) is 31.0 Å². The van der Waals surface area contributed by atoms with Crippen molar-refractivity contribution in [1.82, 2.24) is 5.16 Å². The van der Waals surface area contributed by atoms with E-state index in [0.717, 1.165) is 21.2 Å². The third-order valence-corrected chi connectivity index (χ3v) is 7.22. The van der Waals surface area contributed by atoms with Gasteiger partial charge in [-0.3, -0.25) is 9.36 Å². The fourth-order valence-corrected chi connectivity index (χ4v) is 5.15. The van der Waals surface area contributed by atoms with Crippen molar-refractivity contribution in [2.24, 2.45) is 0 Å². The molecule has 0 unspecified atom stereocenters. The summed E-state index contributed by atoms with van der Waals surface area (Å²) in [5.74, 6) is 0.553. The summed E-state index contributed by atoms with van der Waals surface area (Å²) in [4.78, 5) is 12.4. The van der Waals surface area contributed by atoms with Crippen LogP contribution >= 0.6 is 23.5 Å². The number of hydrogen-bond acceptors (Lipinski definition) is 6. The highest BCUT2D eigenvalue weighted by molar-refractivity contribution is 9.10. The summed E-state index contributed by atoms with van der Waals surface area (Å²) in [6, 6.07) is 14.9. The Bertz CT molecular complexity index is 1060. The Kier molecular flexibility index (Phi) is 8.82. The summed E-state index contributed by atoms with van der Waals surface area (Å²) in [6.45, 7) is 4.21. The maximum absolute atomic E-state index is 12.7. The second-order valence-corrected chi connectivity index (χ2v) is 10.0. The van der Waals surface area contributed by atoms with E-state index in [1.807, 2.05) is 36.4 Å². The van der Waals surface area contributed by atoms with Crippen LogP contribution in [0.2, 0.25) is 0 Å². The number of carbonyl (C=O) groups is 1. The van der Waals surface area contributed by atoms with Gasteiger partial charge in [0.25, 0.3) is 0 Å². The van der Waals surface area contributed by atoms with Crippen LogP contribution < -0.4 is 5.32 Å². The highest BCUT2D eigenvalue weighted by atomic mass is 79.9. The Morgan fingerprint density at radius 1 is 1.06 bits per heavy atom. The predicted octanol–water partition coefficient (Wildman–Crippen LogP) is 6.44. The van der Waals surface area contributed by atoms with Gasteiger partial charge in [-0.05, 0) is 50.1 Å². The average molecular weight is 521 g/mol. The molecule has 0 bridgehead atoms. The molecule has 170 valence electrons. The number of nitrogens with one attached hydrogen (secondary N) is 1. The first-order valence-electron chi connectivity index (χ1n) is 10.4. The van der Waals surface area contributed by atoms with Crippen molar-refractivity contribution in [3.05, 3.63) is 70.3 Å². The third-order valence-electron chi connectivity index (χ3n) is 4.64. The summed E-state index contributed by atoms with van der Waals surface area (Å²) in [7, 11) is -3.16. The van der Waals surface area contributed by atoms with E-state index in [9.17, 15) is 9.36 Å². The van der Waals surface area contributed by atoms with Gasteiger partial charge >= 0.3 is 7.60 Å². The maximum Gasteiger partial charge on any atom is 0.335 e. The van der Waals surface area contributed by atoms with Crippen LogP contribution in [0.3, 0.4) is 0 Å². The Morgan fingerprint density at radius 3 is 2.34 bits per heavy atom. The van der Waals surface area contributed by atoms with Gasteiger partial charge in [-0.2, -0.15) is 0 Å². The van der Waals surface area contributed by atoms with E-state index in [0.29, 0.717) is 31.1 Å². The van der Waals surface area contributed by atoms with E-state index < -0.39 is 7.60 Å². The van der Waals surface area contributed by atoms with Crippen LogP contribution in [0.15, 0.2) is 63.7 Å². The fourth-order valence-electron chi connectivity index (χ4n) is 3.19. The van der Waals surface area contributed by atoms with Gasteiger partial charge in [-0.15, -0.1) is 0 Å². The first-order valence-corrected chi connectivity index (χ1v) is 12.9. The van der Waals surface area contributed by atoms with Gasteiger partial charge in [0.15, 0.2) is 5.76 Å². The largest absolute Gasteiger partial charge is 0.356 e. The molecule has 0 spiro atoms. The lowest BCUT2D eigenvalue weighted by atomic mass is 10.1. The molecular weight excluding hydrogens is 495 g/mol. The lowest BCUT2D eigenvalue weighted by molar-refractivity contribution is -0.116. The maximum atomic E-state index is 12.7. The number of hydrogen-bond donors (Lipinski definition) is 1. The average Bonchev–Trinajstić information content (AvgIpc) is 3.23. The van der Waals surface area contributed by atoms with Gasteiger partial charge in [0.2, 0.25) is 5.91 Å². The van der Waals surface area contributed by atoms with Crippen LogP contribution in [0.1, 0.15) is 31.4 Å². The van der Waals surface area contributed by atoms with Crippen LogP contribution in [0.4, 0.5) is 5.69 Å². The monoisotopic (exact) mass is 520 g/mol. The molecule has 0 fully saturated rings. The Morgan fingerprint density at radius 2 is 1.72 bits per heavy atom. The molecule has 1 heterocycles. The minimum atomic E-state index is -3.16. The second-order valence-electron chi connectivity index (χ2n) is 7.04. The number of nitrogens with zero attached hydrogens (tertiary/aromatic N) is 1. The number of amides is 1. The third kappa shape index (κ3) is 6.87. The second kappa shape index (κ2) is 11.6. The van der Waals surface area contributed by atoms with Crippen molar-refractivity contribution in [1.29, 1.82) is 0 Å². The lowest BCUT2D eigenvalue weighted by Gasteiger charge is -2.17. The molecule has 0 aliphatic heterocycles. The summed E-state index contributed by atoms with van der Waals surface area (Å²) < 4.78 is 29.7. The molecule has 1 aromatic heterocycles. The number of carbonyl (C=O) groups excluding carboxylic acids is 1. The number of aromatic nitrogens is 1. The standard InChI is InChI=1S/C23H26BrN2O5P/c1-3-29-32(28,30-4-2)16-17-5-12-21(13-6-17)26-22(27)14-9-19-15-25-31-23(19)18-7-10-20(24)11-8-18/h5-8,10-13,15H,3-4,9,14,16H2,1-2H3,(H,26,27). The topological polar surface area (TPSA) is 90.7 Å². The summed E-state index contributed by atoms with van der Waals surface area (Å²) in [6.07, 6.45) is 2.63. The van der Waals surface area contributed by atoms with Gasteiger partial charge in [0, 0.05) is 27.7 Å². The normalized spacial score (nSPS) is 11.5. The van der Waals surface area contributed by atoms with Gasteiger partial charge in [0.1, 0.15) is 0 Å². The molecule has 0 atom stereocenters. The van der Waals surface area contributed by atoms with E-state index in [1.165, 1.54) is 0 Å². The summed E-state index contributed by atoms with van der Waals surface area (Å²) >= 11 is 3.42. The van der Waals surface area contributed by atoms with Crippen molar-refractivity contribution in [2.45, 2.75) is 32.9 Å². The molecule has 0 aliphatic carbocycles. The molecule has 0 saturated heterocycles. The van der Waals surface area contributed by atoms with Gasteiger partial charge in [-0.1, -0.05) is 45.4 Å². The lowest BCUT2D eigenvalue weighted by Crippen LogP contribution is -2.12. The number of anilines is 1. The van der Waals surface area contributed by atoms with Crippen molar-refractivity contribution < 1.29 is 22.9 Å². The summed E-state index contributed by atoms with van der Waals surface area (Å²) in [5.41, 5.74) is 3.27. The Balaban J connectivity index is 1.55. The highest BCUT2D eigenvalue weighted by Crippen LogP contribution is 2.51. The Labute approximate surface area is 196 Å². The van der Waals surface area contributed by atoms with E-state index in [1.54, 1.807) is 32.2 Å². The minimum Gasteiger partial charge on any atom is -0.356 e. The fraction of sp³-hybridized carbons (Fsp3) is 0.304. The van der Waals surface area contributed by atoms with E-state index in [2.05, 4.69) is 26.4 Å². The molecule has 2 aromatic carbocycles. The van der Waals surface area contributed by atoms with E-state index >= 15 is 0 Å². The Hall–Kier alpha value is -2.25. The van der Waals surface area contributed by atoms with Crippen LogP contribution in [0.25, 0.3) is 11.3 Å². The van der Waals surface area contributed by atoms with Crippen molar-refractivity contribution in [3.63, 3.8) is 0 Å². The van der Waals surface area contributed by atoms with Gasteiger partial charge < -0.3 is 18.9 Å². The predicted molar refractivity (Wildman–Crippen MR) is 128 cm³/mol. The molecule has 0 saturated carbocycles. The SMILES string of the molecule is CCOP(=O)(Cc1ccc(NC(=O)CCc2cnoc2-c2ccc(Br)cc2)cc1)OCC. The van der Waals surface area contributed by atoms with Crippen LogP contribution in [-0.4, -0.2) is 24.3 Å². The summed E-state index contributed by atoms with van der Waals surface area (Å²) in [5, 5.41) is 6.77. The molecule has 1 N–H and O–H groups in total. The zero-order valence-corrected chi connectivity index (χ0v) is 20.5. The minimum absolute atomic E-state index is 0.116. The van der Waals surface area contributed by atoms with Crippen molar-refractivity contribution in [3.8, 4) is 11.3 Å². The first kappa shape index (κ1) is 24.4. The molecule has 3 rings (SSSR count). The zero-order chi connectivity index (χ0) is 23.0. The molecule has 0 radical (unpaired) electrons. The van der Waals surface area contributed by atoms with E-state index in [-0.39, 0.29) is 18.5 Å². The van der Waals surface area contributed by atoms with E-state index in [4.69, 9.17) is 13.6 Å². The number of halogens is 1. The van der Waals surface area contributed by atoms with Crippen molar-refractivity contribution in [2.75, 3.05) is 18.5 Å². The van der Waals surface area contributed by atoms with Gasteiger partial charge in [-0.25, -0.2) is 0 Å². The molecule has 1 amide bonds. The van der Waals surface area contributed by atoms with Gasteiger partial charge in [0.05, 0.1) is 25.6 Å². The van der Waals surface area contributed by atoms with Crippen LogP contribution in [0, 0.1) is 0 Å². The number of aryl methyl sites for hydroxylation is 1. The van der Waals surface area contributed by atoms with Crippen molar-refractivity contribution >= 4 is 35.1 Å². The zero-order valence-electron chi connectivity index (χ0n) is 18.0. The van der Waals surface area contributed by atoms with Crippen LogP contribution in [0.5, 0.6) is 0 Å². The first-order chi connectivity index (χ1) is 15.4. The molecule has 32 heavy (non-hydrogen) atoms.